The van der Waals surface area contributed by atoms with Gasteiger partial charge in [-0.05, 0) is 26.0 Å². The van der Waals surface area contributed by atoms with E-state index in [1.54, 1.807) is 18.3 Å². The van der Waals surface area contributed by atoms with Gasteiger partial charge in [0.25, 0.3) is 0 Å². The summed E-state index contributed by atoms with van der Waals surface area (Å²) in [6.07, 6.45) is 0. The average Bonchev–Trinajstić information content (AvgIpc) is 2.34. The number of thiophene rings is 1. The van der Waals surface area contributed by atoms with Crippen molar-refractivity contribution in [2.75, 3.05) is 0 Å². The molecule has 3 heteroatoms. The average molecular weight is 155 g/mol. The molecule has 0 bridgehead atoms. The van der Waals surface area contributed by atoms with Crippen LogP contribution in [0.3, 0.4) is 0 Å². The fourth-order valence-corrected chi connectivity index (χ4v) is 1.49. The Bertz CT molecular complexity index is 252. The van der Waals surface area contributed by atoms with Crippen LogP contribution in [0.4, 0.5) is 0 Å². The molecular formula is C7H9NOS. The standard InChI is InChI=1S/C7H9NOS/c1-5-3-4-7(10-5)6(2)8-9/h3-4,9H,1-2H3/b8-6-. The summed E-state index contributed by atoms with van der Waals surface area (Å²) in [5.74, 6) is 0. The van der Waals surface area contributed by atoms with Gasteiger partial charge >= 0.3 is 0 Å². The predicted molar refractivity (Wildman–Crippen MR) is 43.1 cm³/mol. The fourth-order valence-electron chi connectivity index (χ4n) is 0.678. The molecule has 1 rings (SSSR count). The summed E-state index contributed by atoms with van der Waals surface area (Å²) >= 11 is 1.63. The summed E-state index contributed by atoms with van der Waals surface area (Å²) in [6, 6.07) is 3.96. The van der Waals surface area contributed by atoms with Crippen LogP contribution in [0.25, 0.3) is 0 Å². The number of hydrogen-bond donors (Lipinski definition) is 1. The highest BCUT2D eigenvalue weighted by atomic mass is 32.1. The molecule has 1 aromatic rings. The highest BCUT2D eigenvalue weighted by Crippen LogP contribution is 2.15. The predicted octanol–water partition coefficient (Wildman–Crippen LogP) is 2.25. The number of nitrogens with zero attached hydrogens (tertiary/aromatic N) is 1. The minimum absolute atomic E-state index is 0.679. The molecule has 0 spiro atoms. The summed E-state index contributed by atoms with van der Waals surface area (Å²) in [7, 11) is 0. The van der Waals surface area contributed by atoms with Crippen LogP contribution in [0.2, 0.25) is 0 Å². The minimum atomic E-state index is 0.679. The number of rotatable bonds is 1. The maximum absolute atomic E-state index is 8.39. The highest BCUT2D eigenvalue weighted by Gasteiger charge is 1.98. The molecule has 0 saturated carbocycles. The highest BCUT2D eigenvalue weighted by molar-refractivity contribution is 7.14. The van der Waals surface area contributed by atoms with Crippen molar-refractivity contribution in [1.82, 2.24) is 0 Å². The van der Waals surface area contributed by atoms with E-state index in [0.717, 1.165) is 4.88 Å². The van der Waals surface area contributed by atoms with Gasteiger partial charge in [0.15, 0.2) is 0 Å². The summed E-state index contributed by atoms with van der Waals surface area (Å²) in [5, 5.41) is 11.5. The van der Waals surface area contributed by atoms with Gasteiger partial charge in [0, 0.05) is 4.88 Å². The van der Waals surface area contributed by atoms with Gasteiger partial charge in [0.2, 0.25) is 0 Å². The molecule has 0 unspecified atom stereocenters. The number of oxime groups is 1. The topological polar surface area (TPSA) is 32.6 Å². The Hall–Kier alpha value is -0.830. The zero-order valence-corrected chi connectivity index (χ0v) is 6.77. The van der Waals surface area contributed by atoms with Gasteiger partial charge < -0.3 is 5.21 Å². The summed E-state index contributed by atoms with van der Waals surface area (Å²) in [4.78, 5) is 2.26. The van der Waals surface area contributed by atoms with Crippen molar-refractivity contribution in [2.45, 2.75) is 13.8 Å². The van der Waals surface area contributed by atoms with Gasteiger partial charge in [-0.15, -0.1) is 11.3 Å². The molecule has 1 N–H and O–H groups in total. The van der Waals surface area contributed by atoms with Gasteiger partial charge in [-0.3, -0.25) is 0 Å². The molecule has 0 aliphatic heterocycles. The van der Waals surface area contributed by atoms with Gasteiger partial charge in [-0.25, -0.2) is 0 Å². The third-order valence-electron chi connectivity index (χ3n) is 1.25. The Kier molecular flexibility index (Phi) is 2.06. The second kappa shape index (κ2) is 2.84. The van der Waals surface area contributed by atoms with E-state index in [2.05, 4.69) is 5.16 Å². The molecule has 1 heterocycles. The third-order valence-corrected chi connectivity index (χ3v) is 2.36. The molecule has 1 aromatic heterocycles. The first-order valence-corrected chi connectivity index (χ1v) is 3.81. The van der Waals surface area contributed by atoms with Gasteiger partial charge in [0.05, 0.1) is 10.6 Å². The molecule has 0 amide bonds. The summed E-state index contributed by atoms with van der Waals surface area (Å²) in [5.41, 5.74) is 0.679. The van der Waals surface area contributed by atoms with Crippen LogP contribution in [0.1, 0.15) is 16.7 Å². The van der Waals surface area contributed by atoms with E-state index in [1.807, 2.05) is 19.1 Å². The largest absolute Gasteiger partial charge is 0.411 e. The maximum atomic E-state index is 8.39. The van der Waals surface area contributed by atoms with Crippen LogP contribution in [0, 0.1) is 6.92 Å². The van der Waals surface area contributed by atoms with E-state index in [0.29, 0.717) is 5.71 Å². The molecule has 0 aliphatic carbocycles. The molecule has 0 aromatic carbocycles. The molecule has 0 atom stereocenters. The zero-order chi connectivity index (χ0) is 7.56. The fraction of sp³-hybridized carbons (Fsp3) is 0.286. The minimum Gasteiger partial charge on any atom is -0.411 e. The molecule has 2 nitrogen and oxygen atoms in total. The smallest absolute Gasteiger partial charge is 0.0936 e. The molecular weight excluding hydrogens is 146 g/mol. The van der Waals surface area contributed by atoms with E-state index in [9.17, 15) is 0 Å². The van der Waals surface area contributed by atoms with Crippen molar-refractivity contribution in [3.63, 3.8) is 0 Å². The van der Waals surface area contributed by atoms with Crippen LogP contribution in [-0.4, -0.2) is 10.9 Å². The lowest BCUT2D eigenvalue weighted by molar-refractivity contribution is 0.319. The van der Waals surface area contributed by atoms with Crippen LogP contribution in [0.5, 0.6) is 0 Å². The van der Waals surface area contributed by atoms with Gasteiger partial charge in [-0.2, -0.15) is 0 Å². The van der Waals surface area contributed by atoms with Crippen LogP contribution >= 0.6 is 11.3 Å². The SMILES string of the molecule is C/C(=N/O)c1ccc(C)s1. The Balaban J connectivity index is 2.95. The molecule has 54 valence electrons. The van der Waals surface area contributed by atoms with Crippen molar-refractivity contribution >= 4 is 17.0 Å². The van der Waals surface area contributed by atoms with E-state index < -0.39 is 0 Å². The third kappa shape index (κ3) is 1.36. The lowest BCUT2D eigenvalue weighted by atomic mass is 10.3. The lowest BCUT2D eigenvalue weighted by Crippen LogP contribution is -1.87. The van der Waals surface area contributed by atoms with Crippen molar-refractivity contribution in [1.29, 1.82) is 0 Å². The summed E-state index contributed by atoms with van der Waals surface area (Å²) in [6.45, 7) is 3.81. The first-order chi connectivity index (χ1) is 4.74. The number of aryl methyl sites for hydroxylation is 1. The van der Waals surface area contributed by atoms with E-state index >= 15 is 0 Å². The van der Waals surface area contributed by atoms with E-state index in [-0.39, 0.29) is 0 Å². The second-order valence-electron chi connectivity index (χ2n) is 2.10. The van der Waals surface area contributed by atoms with Crippen molar-refractivity contribution in [3.8, 4) is 0 Å². The molecule has 0 saturated heterocycles. The summed E-state index contributed by atoms with van der Waals surface area (Å²) < 4.78 is 0. The van der Waals surface area contributed by atoms with Crippen LogP contribution < -0.4 is 0 Å². The van der Waals surface area contributed by atoms with Crippen molar-refractivity contribution < 1.29 is 5.21 Å². The van der Waals surface area contributed by atoms with Gasteiger partial charge in [0.1, 0.15) is 0 Å². The zero-order valence-electron chi connectivity index (χ0n) is 5.96. The van der Waals surface area contributed by atoms with E-state index in [4.69, 9.17) is 5.21 Å². The quantitative estimate of drug-likeness (QED) is 0.376. The van der Waals surface area contributed by atoms with Crippen LogP contribution in [-0.2, 0) is 0 Å². The maximum Gasteiger partial charge on any atom is 0.0936 e. The molecule has 0 aliphatic rings. The lowest BCUT2D eigenvalue weighted by Gasteiger charge is -1.87. The Morgan fingerprint density at radius 2 is 2.30 bits per heavy atom. The normalized spacial score (nSPS) is 12.0. The van der Waals surface area contributed by atoms with Gasteiger partial charge in [-0.1, -0.05) is 5.16 Å². The monoisotopic (exact) mass is 155 g/mol. The second-order valence-corrected chi connectivity index (χ2v) is 3.38. The van der Waals surface area contributed by atoms with E-state index in [1.165, 1.54) is 4.88 Å². The first kappa shape index (κ1) is 7.28. The van der Waals surface area contributed by atoms with Crippen LogP contribution in [0.15, 0.2) is 17.3 Å². The molecule has 10 heavy (non-hydrogen) atoms. The van der Waals surface area contributed by atoms with Crippen molar-refractivity contribution in [2.24, 2.45) is 5.16 Å². The molecule has 0 fully saturated rings. The van der Waals surface area contributed by atoms with Crippen molar-refractivity contribution in [3.05, 3.63) is 21.9 Å². The Morgan fingerprint density at radius 1 is 1.60 bits per heavy atom. The first-order valence-electron chi connectivity index (χ1n) is 2.99. The Morgan fingerprint density at radius 3 is 2.70 bits per heavy atom. The Labute approximate surface area is 63.8 Å². The molecule has 0 radical (unpaired) electrons. The number of hydrogen-bond acceptors (Lipinski definition) is 3.